The van der Waals surface area contributed by atoms with Gasteiger partial charge in [-0.1, -0.05) is 24.8 Å². The van der Waals surface area contributed by atoms with Crippen LogP contribution < -0.4 is 0 Å². The lowest BCUT2D eigenvalue weighted by atomic mass is 9.64. The van der Waals surface area contributed by atoms with E-state index in [1.165, 1.54) is 55.9 Å². The molecular weight excluding hydrogens is 352 g/mol. The Morgan fingerprint density at radius 1 is 1.11 bits per heavy atom. The van der Waals surface area contributed by atoms with Gasteiger partial charge in [-0.05, 0) is 57.6 Å². The summed E-state index contributed by atoms with van der Waals surface area (Å²) in [7, 11) is 0. The quantitative estimate of drug-likeness (QED) is 0.611. The first kappa shape index (κ1) is 18.5. The Morgan fingerprint density at radius 3 is 2.68 bits per heavy atom. The molecule has 0 aromatic rings. The van der Waals surface area contributed by atoms with Crippen LogP contribution in [0.5, 0.6) is 0 Å². The highest BCUT2D eigenvalue weighted by Gasteiger charge is 2.73. The summed E-state index contributed by atoms with van der Waals surface area (Å²) >= 11 is 0. The molecule has 2 bridgehead atoms. The molecule has 4 atom stereocenters. The van der Waals surface area contributed by atoms with E-state index in [0.717, 1.165) is 25.0 Å². The van der Waals surface area contributed by atoms with E-state index in [9.17, 15) is 4.79 Å². The number of carbonyl (C=O) groups is 1. The lowest BCUT2D eigenvalue weighted by Gasteiger charge is -2.41. The number of hydrogen-bond acceptors (Lipinski definition) is 4. The molecule has 0 aliphatic heterocycles. The van der Waals surface area contributed by atoms with Gasteiger partial charge in [-0.25, -0.2) is 0 Å². The molecule has 0 aromatic carbocycles. The van der Waals surface area contributed by atoms with Crippen LogP contribution in [0, 0.1) is 17.3 Å². The summed E-state index contributed by atoms with van der Waals surface area (Å²) in [5.41, 5.74) is 3.68. The third kappa shape index (κ3) is 2.13. The van der Waals surface area contributed by atoms with Crippen LogP contribution in [-0.2, 0) is 19.0 Å². The zero-order valence-electron chi connectivity index (χ0n) is 17.4. The second-order valence-corrected chi connectivity index (χ2v) is 8.97. The van der Waals surface area contributed by atoms with Gasteiger partial charge in [0.05, 0.1) is 12.0 Å². The molecule has 0 unspecified atom stereocenters. The summed E-state index contributed by atoms with van der Waals surface area (Å²) in [6.45, 7) is 7.01. The molecule has 0 amide bonds. The fourth-order valence-electron chi connectivity index (χ4n) is 7.15. The molecule has 0 radical (unpaired) electrons. The van der Waals surface area contributed by atoms with Crippen molar-refractivity contribution in [3.8, 4) is 0 Å². The van der Waals surface area contributed by atoms with Crippen LogP contribution in [-0.4, -0.2) is 24.8 Å². The third-order valence-electron chi connectivity index (χ3n) is 7.73. The first-order valence-corrected chi connectivity index (χ1v) is 11.3. The lowest BCUT2D eigenvalue weighted by Crippen LogP contribution is -2.40. The topological polar surface area (TPSA) is 44.8 Å². The molecule has 3 fully saturated rings. The fourth-order valence-corrected chi connectivity index (χ4v) is 7.15. The molecule has 5 aliphatic carbocycles. The maximum atomic E-state index is 12.0. The molecule has 28 heavy (non-hydrogen) atoms. The Morgan fingerprint density at radius 2 is 1.93 bits per heavy atom. The average Bonchev–Trinajstić information content (AvgIpc) is 3.24. The average molecular weight is 385 g/mol. The van der Waals surface area contributed by atoms with Gasteiger partial charge in [-0.3, -0.25) is 4.79 Å². The number of rotatable bonds is 5. The van der Waals surface area contributed by atoms with Gasteiger partial charge >= 0.3 is 5.97 Å². The van der Waals surface area contributed by atoms with Gasteiger partial charge in [0.1, 0.15) is 17.1 Å². The van der Waals surface area contributed by atoms with Crippen LogP contribution in [0.25, 0.3) is 0 Å². The number of allylic oxidation sites excluding steroid dienone is 2. The SMILES string of the molecule is CCOC1=C2C(=C3CCCC[C@H]31)[C@@]13CCCC[C@H]1[C@]2(OCC)C=C3OC(C)=O. The predicted molar refractivity (Wildman–Crippen MR) is 106 cm³/mol. The Labute approximate surface area is 168 Å². The summed E-state index contributed by atoms with van der Waals surface area (Å²) < 4.78 is 18.9. The highest BCUT2D eigenvalue weighted by molar-refractivity contribution is 5.73. The smallest absolute Gasteiger partial charge is 0.307 e. The molecule has 4 heteroatoms. The molecule has 0 spiro atoms. The zero-order chi connectivity index (χ0) is 19.5. The molecule has 0 N–H and O–H groups in total. The maximum absolute atomic E-state index is 12.0. The first-order chi connectivity index (χ1) is 13.6. The van der Waals surface area contributed by atoms with Crippen LogP contribution in [0.2, 0.25) is 0 Å². The number of carbonyl (C=O) groups excluding carboxylic acids is 1. The summed E-state index contributed by atoms with van der Waals surface area (Å²) in [5.74, 6) is 2.56. The first-order valence-electron chi connectivity index (χ1n) is 11.3. The van der Waals surface area contributed by atoms with Gasteiger partial charge < -0.3 is 14.2 Å². The van der Waals surface area contributed by atoms with Crippen LogP contribution in [0.3, 0.4) is 0 Å². The van der Waals surface area contributed by atoms with Crippen molar-refractivity contribution in [3.05, 3.63) is 34.3 Å². The van der Waals surface area contributed by atoms with E-state index < -0.39 is 5.60 Å². The summed E-state index contributed by atoms with van der Waals surface area (Å²) in [5, 5.41) is 0. The summed E-state index contributed by atoms with van der Waals surface area (Å²) in [6.07, 6.45) is 11.6. The zero-order valence-corrected chi connectivity index (χ0v) is 17.4. The predicted octanol–water partition coefficient (Wildman–Crippen LogP) is 5.20. The Kier molecular flexibility index (Phi) is 4.28. The number of ether oxygens (including phenoxy) is 3. The van der Waals surface area contributed by atoms with Gasteiger partial charge in [0, 0.05) is 30.9 Å². The van der Waals surface area contributed by atoms with Crippen LogP contribution in [0.1, 0.15) is 72.1 Å². The monoisotopic (exact) mass is 384 g/mol. The highest BCUT2D eigenvalue weighted by atomic mass is 16.5. The molecule has 3 saturated carbocycles. The minimum absolute atomic E-state index is 0.182. The van der Waals surface area contributed by atoms with E-state index in [1.54, 1.807) is 5.57 Å². The highest BCUT2D eigenvalue weighted by Crippen LogP contribution is 2.75. The largest absolute Gasteiger partial charge is 0.497 e. The Hall–Kier alpha value is -1.55. The van der Waals surface area contributed by atoms with Crippen molar-refractivity contribution >= 4 is 5.97 Å². The van der Waals surface area contributed by atoms with Crippen molar-refractivity contribution in [2.24, 2.45) is 17.3 Å². The normalized spacial score (nSPS) is 38.2. The molecule has 5 rings (SSSR count). The van der Waals surface area contributed by atoms with Crippen molar-refractivity contribution in [1.29, 1.82) is 0 Å². The second kappa shape index (κ2) is 6.48. The van der Waals surface area contributed by atoms with Crippen LogP contribution >= 0.6 is 0 Å². The Bertz CT molecular complexity index is 803. The van der Waals surface area contributed by atoms with Gasteiger partial charge in [-0.15, -0.1) is 0 Å². The minimum Gasteiger partial charge on any atom is -0.497 e. The van der Waals surface area contributed by atoms with Crippen LogP contribution in [0.15, 0.2) is 34.3 Å². The van der Waals surface area contributed by atoms with Gasteiger partial charge in [-0.2, -0.15) is 0 Å². The third-order valence-corrected chi connectivity index (χ3v) is 7.73. The van der Waals surface area contributed by atoms with Gasteiger partial charge in [0.15, 0.2) is 0 Å². The minimum atomic E-state index is -0.482. The number of esters is 1. The van der Waals surface area contributed by atoms with Crippen molar-refractivity contribution in [2.75, 3.05) is 13.2 Å². The second-order valence-electron chi connectivity index (χ2n) is 8.97. The van der Waals surface area contributed by atoms with Crippen molar-refractivity contribution in [1.82, 2.24) is 0 Å². The molecule has 0 aromatic heterocycles. The standard InChI is InChI=1S/C24H32O4/c1-4-26-22-17-11-7-6-10-16(17)20-21(22)24(27-5-2)14-19(28-15(3)25)23(20)13-9-8-12-18(23)24/h14,17-18H,4-13H2,1-3H3/t17-,18-,23+,24-/m1/s1. The van der Waals surface area contributed by atoms with Crippen LogP contribution in [0.4, 0.5) is 0 Å². The number of fused-ring (bicyclic) bond motifs is 3. The molecule has 0 heterocycles. The Balaban J connectivity index is 1.79. The molecule has 4 nitrogen and oxygen atoms in total. The van der Waals surface area contributed by atoms with E-state index in [1.807, 2.05) is 0 Å². The van der Waals surface area contributed by atoms with E-state index in [2.05, 4.69) is 19.9 Å². The summed E-state index contributed by atoms with van der Waals surface area (Å²) in [4.78, 5) is 12.0. The van der Waals surface area contributed by atoms with E-state index >= 15 is 0 Å². The van der Waals surface area contributed by atoms with E-state index in [4.69, 9.17) is 14.2 Å². The lowest BCUT2D eigenvalue weighted by molar-refractivity contribution is -0.138. The van der Waals surface area contributed by atoms with Crippen molar-refractivity contribution in [3.63, 3.8) is 0 Å². The van der Waals surface area contributed by atoms with Gasteiger partial charge in [0.25, 0.3) is 0 Å². The molecule has 0 saturated heterocycles. The molecule has 152 valence electrons. The van der Waals surface area contributed by atoms with Gasteiger partial charge in [0.2, 0.25) is 0 Å². The number of hydrogen-bond donors (Lipinski definition) is 0. The molecule has 5 aliphatic rings. The van der Waals surface area contributed by atoms with E-state index in [-0.39, 0.29) is 11.4 Å². The van der Waals surface area contributed by atoms with Crippen molar-refractivity contribution in [2.45, 2.75) is 77.7 Å². The van der Waals surface area contributed by atoms with E-state index in [0.29, 0.717) is 25.0 Å². The fraction of sp³-hybridized carbons (Fsp3) is 0.708. The maximum Gasteiger partial charge on any atom is 0.307 e. The molecular formula is C24H32O4. The van der Waals surface area contributed by atoms with Crippen molar-refractivity contribution < 1.29 is 19.0 Å². The summed E-state index contributed by atoms with van der Waals surface area (Å²) in [6, 6.07) is 0.